The quantitative estimate of drug-likeness (QED) is 0.665. The van der Waals surface area contributed by atoms with Crippen LogP contribution in [0, 0.1) is 5.92 Å². The maximum atomic E-state index is 13.0. The Morgan fingerprint density at radius 2 is 2.07 bits per heavy atom. The van der Waals surface area contributed by atoms with Crippen LogP contribution in [0.15, 0.2) is 12.1 Å². The van der Waals surface area contributed by atoms with Gasteiger partial charge < -0.3 is 19.7 Å². The van der Waals surface area contributed by atoms with E-state index in [-0.39, 0.29) is 30.9 Å². The molecule has 0 aliphatic carbocycles. The van der Waals surface area contributed by atoms with Crippen molar-refractivity contribution in [3.63, 3.8) is 0 Å². The molecular weight excluding hydrogens is 381 g/mol. The summed E-state index contributed by atoms with van der Waals surface area (Å²) in [7, 11) is 0. The number of alkyl halides is 3. The molecule has 28 heavy (non-hydrogen) atoms. The van der Waals surface area contributed by atoms with Crippen molar-refractivity contribution in [2.24, 2.45) is 5.92 Å². The second-order valence-electron chi connectivity index (χ2n) is 7.80. The number of nitrogens with one attached hydrogen (secondary N) is 1. The van der Waals surface area contributed by atoms with Gasteiger partial charge in [0.05, 0.1) is 12.3 Å². The molecule has 1 amide bonds. The Morgan fingerprint density at radius 3 is 2.61 bits per heavy atom. The number of hydrogen-bond donors (Lipinski definition) is 3. The summed E-state index contributed by atoms with van der Waals surface area (Å²) in [5.41, 5.74) is -4.31. The van der Waals surface area contributed by atoms with E-state index in [1.165, 1.54) is 0 Å². The molecule has 1 aromatic heterocycles. The SMILES string of the molecule is C[C@H](CCO)[C@@H]1OCc2nc(C(F)(F)F)ccc2[C@@]1(O)NC(=O)OC(C)(C)C. The van der Waals surface area contributed by atoms with Gasteiger partial charge in [0.2, 0.25) is 0 Å². The average molecular weight is 406 g/mol. The Kier molecular flexibility index (Phi) is 6.27. The number of ether oxygens (including phenoxy) is 2. The van der Waals surface area contributed by atoms with Crippen molar-refractivity contribution in [1.82, 2.24) is 10.3 Å². The minimum absolute atomic E-state index is 0.00704. The van der Waals surface area contributed by atoms with Crippen molar-refractivity contribution >= 4 is 6.09 Å². The summed E-state index contributed by atoms with van der Waals surface area (Å²) in [5.74, 6) is -0.430. The zero-order valence-corrected chi connectivity index (χ0v) is 16.1. The molecule has 0 bridgehead atoms. The molecule has 0 spiro atoms. The van der Waals surface area contributed by atoms with Crippen LogP contribution in [0.3, 0.4) is 0 Å². The number of rotatable bonds is 4. The highest BCUT2D eigenvalue weighted by Gasteiger charge is 2.49. The smallest absolute Gasteiger partial charge is 0.433 e. The van der Waals surface area contributed by atoms with E-state index in [1.54, 1.807) is 27.7 Å². The Bertz CT molecular complexity index is 720. The molecule has 0 aromatic carbocycles. The largest absolute Gasteiger partial charge is 0.444 e. The minimum atomic E-state index is -4.66. The molecule has 0 saturated heterocycles. The predicted octanol–water partition coefficient (Wildman–Crippen LogP) is 2.69. The monoisotopic (exact) mass is 406 g/mol. The van der Waals surface area contributed by atoms with Gasteiger partial charge in [-0.2, -0.15) is 13.2 Å². The number of aliphatic hydroxyl groups is 2. The Hall–Kier alpha value is -1.91. The predicted molar refractivity (Wildman–Crippen MR) is 91.9 cm³/mol. The Morgan fingerprint density at radius 1 is 1.43 bits per heavy atom. The zero-order chi connectivity index (χ0) is 21.3. The summed E-state index contributed by atoms with van der Waals surface area (Å²) in [5, 5.41) is 22.8. The lowest BCUT2D eigenvalue weighted by atomic mass is 9.84. The molecule has 0 unspecified atom stereocenters. The van der Waals surface area contributed by atoms with Gasteiger partial charge in [0.15, 0.2) is 5.72 Å². The molecular formula is C18H25F3N2O5. The van der Waals surface area contributed by atoms with E-state index in [4.69, 9.17) is 9.47 Å². The number of halogens is 3. The van der Waals surface area contributed by atoms with Crippen molar-refractivity contribution in [3.8, 4) is 0 Å². The zero-order valence-electron chi connectivity index (χ0n) is 16.1. The molecule has 2 rings (SSSR count). The number of hydrogen-bond acceptors (Lipinski definition) is 6. The molecule has 1 aromatic rings. The molecule has 0 fully saturated rings. The number of carbonyl (C=O) groups is 1. The van der Waals surface area contributed by atoms with Crippen molar-refractivity contribution in [1.29, 1.82) is 0 Å². The number of fused-ring (bicyclic) bond motifs is 1. The number of aliphatic hydroxyl groups excluding tert-OH is 1. The van der Waals surface area contributed by atoms with Gasteiger partial charge in [-0.15, -0.1) is 0 Å². The molecule has 158 valence electrons. The summed E-state index contributed by atoms with van der Waals surface area (Å²) in [6.07, 6.45) is -6.41. The van der Waals surface area contributed by atoms with Crippen molar-refractivity contribution in [3.05, 3.63) is 29.1 Å². The normalized spacial score (nSPS) is 23.7. The average Bonchev–Trinajstić information content (AvgIpc) is 2.51. The minimum Gasteiger partial charge on any atom is -0.444 e. The van der Waals surface area contributed by atoms with Crippen LogP contribution in [0.1, 0.15) is 51.1 Å². The molecule has 3 atom stereocenters. The fourth-order valence-electron chi connectivity index (χ4n) is 3.09. The second-order valence-corrected chi connectivity index (χ2v) is 7.80. The van der Waals surface area contributed by atoms with Gasteiger partial charge in [-0.05, 0) is 39.2 Å². The van der Waals surface area contributed by atoms with Crippen molar-refractivity contribution < 1.29 is 37.7 Å². The van der Waals surface area contributed by atoms with E-state index in [1.807, 2.05) is 0 Å². The maximum absolute atomic E-state index is 13.0. The summed E-state index contributed by atoms with van der Waals surface area (Å²) in [6, 6.07) is 1.81. The summed E-state index contributed by atoms with van der Waals surface area (Å²) in [4.78, 5) is 15.8. The van der Waals surface area contributed by atoms with Crippen LogP contribution in [-0.2, 0) is 28.0 Å². The van der Waals surface area contributed by atoms with Crippen LogP contribution >= 0.6 is 0 Å². The van der Waals surface area contributed by atoms with E-state index in [2.05, 4.69) is 10.3 Å². The fraction of sp³-hybridized carbons (Fsp3) is 0.667. The molecule has 10 heteroatoms. The van der Waals surface area contributed by atoms with Crippen LogP contribution in [0.4, 0.5) is 18.0 Å². The Balaban J connectivity index is 2.47. The van der Waals surface area contributed by atoms with Gasteiger partial charge in [0.1, 0.15) is 17.4 Å². The molecule has 1 aliphatic heterocycles. The number of carbonyl (C=O) groups excluding carboxylic acids is 1. The van der Waals surface area contributed by atoms with Crippen LogP contribution in [-0.4, -0.2) is 39.6 Å². The highest BCUT2D eigenvalue weighted by Crippen LogP contribution is 2.39. The number of aromatic nitrogens is 1. The van der Waals surface area contributed by atoms with Gasteiger partial charge in [0.25, 0.3) is 0 Å². The van der Waals surface area contributed by atoms with Crippen LogP contribution in [0.25, 0.3) is 0 Å². The summed E-state index contributed by atoms with van der Waals surface area (Å²) < 4.78 is 49.6. The molecule has 0 radical (unpaired) electrons. The van der Waals surface area contributed by atoms with Crippen LogP contribution in [0.5, 0.6) is 0 Å². The summed E-state index contributed by atoms with van der Waals surface area (Å²) in [6.45, 7) is 6.10. The van der Waals surface area contributed by atoms with E-state index in [0.29, 0.717) is 0 Å². The first-order valence-corrected chi connectivity index (χ1v) is 8.81. The highest BCUT2D eigenvalue weighted by molar-refractivity contribution is 5.69. The number of pyridine rings is 1. The number of nitrogens with zero attached hydrogens (tertiary/aromatic N) is 1. The van der Waals surface area contributed by atoms with Crippen molar-refractivity contribution in [2.75, 3.05) is 6.61 Å². The second kappa shape index (κ2) is 7.84. The lowest BCUT2D eigenvalue weighted by molar-refractivity contribution is -0.175. The van der Waals surface area contributed by atoms with Gasteiger partial charge in [-0.1, -0.05) is 13.0 Å². The molecule has 1 aliphatic rings. The van der Waals surface area contributed by atoms with E-state index < -0.39 is 41.3 Å². The van der Waals surface area contributed by atoms with Crippen LogP contribution in [0.2, 0.25) is 0 Å². The molecule has 3 N–H and O–H groups in total. The lowest BCUT2D eigenvalue weighted by Gasteiger charge is -2.43. The van der Waals surface area contributed by atoms with E-state index in [0.717, 1.165) is 12.1 Å². The third-order valence-corrected chi connectivity index (χ3v) is 4.28. The van der Waals surface area contributed by atoms with Gasteiger partial charge in [-0.3, -0.25) is 5.32 Å². The van der Waals surface area contributed by atoms with Crippen LogP contribution < -0.4 is 5.32 Å². The number of amides is 1. The molecule has 0 saturated carbocycles. The lowest BCUT2D eigenvalue weighted by Crippen LogP contribution is -2.60. The first-order valence-electron chi connectivity index (χ1n) is 8.81. The van der Waals surface area contributed by atoms with Gasteiger partial charge in [-0.25, -0.2) is 9.78 Å². The molecule has 7 nitrogen and oxygen atoms in total. The topological polar surface area (TPSA) is 101 Å². The maximum Gasteiger partial charge on any atom is 0.433 e. The van der Waals surface area contributed by atoms with E-state index >= 15 is 0 Å². The molecule has 2 heterocycles. The fourth-order valence-corrected chi connectivity index (χ4v) is 3.09. The Labute approximate surface area is 160 Å². The van der Waals surface area contributed by atoms with Crippen molar-refractivity contribution in [2.45, 2.75) is 64.3 Å². The number of alkyl carbamates (subject to hydrolysis) is 1. The standard InChI is InChI=1S/C18H25F3N2O5/c1-10(7-8-24)14-17(26,23-15(25)28-16(2,3)4)11-5-6-13(18(19,20)21)22-12(11)9-27-14/h5-6,10,14,24,26H,7-9H2,1-4H3,(H,23,25)/t10-,14+,17+/m1/s1. The van der Waals surface area contributed by atoms with Gasteiger partial charge in [0, 0.05) is 12.2 Å². The van der Waals surface area contributed by atoms with E-state index in [9.17, 15) is 28.2 Å². The van der Waals surface area contributed by atoms with Gasteiger partial charge >= 0.3 is 12.3 Å². The third kappa shape index (κ3) is 4.92. The highest BCUT2D eigenvalue weighted by atomic mass is 19.4. The first-order chi connectivity index (χ1) is 12.8. The summed E-state index contributed by atoms with van der Waals surface area (Å²) >= 11 is 0. The third-order valence-electron chi connectivity index (χ3n) is 4.28. The first kappa shape index (κ1) is 22.4.